The summed E-state index contributed by atoms with van der Waals surface area (Å²) in [7, 11) is 0. The molecule has 0 aliphatic heterocycles. The van der Waals surface area contributed by atoms with E-state index in [-0.39, 0.29) is 23.6 Å². The molecule has 0 fully saturated rings. The molecule has 0 atom stereocenters. The molecule has 0 radical (unpaired) electrons. The minimum Gasteiger partial charge on any atom is -0.452 e. The van der Waals surface area contributed by atoms with Crippen molar-refractivity contribution in [3.05, 3.63) is 64.4 Å². The van der Waals surface area contributed by atoms with Crippen molar-refractivity contribution < 1.29 is 18.7 Å². The van der Waals surface area contributed by atoms with Crippen molar-refractivity contribution in [2.75, 3.05) is 18.1 Å². The van der Waals surface area contributed by atoms with Gasteiger partial charge in [0.15, 0.2) is 6.61 Å². The number of amides is 1. The van der Waals surface area contributed by atoms with Crippen LogP contribution in [0.5, 0.6) is 0 Å². The number of hydrogen-bond donors (Lipinski definition) is 0. The van der Waals surface area contributed by atoms with Crippen LogP contribution in [0.2, 0.25) is 5.02 Å². The van der Waals surface area contributed by atoms with E-state index in [1.54, 1.807) is 12.1 Å². The first-order valence-corrected chi connectivity index (χ1v) is 8.16. The van der Waals surface area contributed by atoms with Crippen LogP contribution in [0, 0.1) is 24.1 Å². The van der Waals surface area contributed by atoms with Gasteiger partial charge in [-0.1, -0.05) is 29.3 Å². The Hall–Kier alpha value is -2.91. The van der Waals surface area contributed by atoms with E-state index >= 15 is 0 Å². The van der Waals surface area contributed by atoms with Crippen molar-refractivity contribution in [1.29, 1.82) is 5.26 Å². The maximum atomic E-state index is 13.7. The highest BCUT2D eigenvalue weighted by Gasteiger charge is 2.20. The number of ether oxygens (including phenoxy) is 1. The molecule has 0 aliphatic carbocycles. The van der Waals surface area contributed by atoms with Crippen molar-refractivity contribution >= 4 is 29.2 Å². The van der Waals surface area contributed by atoms with Gasteiger partial charge in [0.25, 0.3) is 5.91 Å². The molecule has 2 rings (SSSR count). The zero-order valence-electron chi connectivity index (χ0n) is 14.0. The molecule has 0 N–H and O–H groups in total. The van der Waals surface area contributed by atoms with Gasteiger partial charge >= 0.3 is 5.97 Å². The Morgan fingerprint density at radius 2 is 1.92 bits per heavy atom. The minimum atomic E-state index is -0.984. The molecule has 26 heavy (non-hydrogen) atoms. The lowest BCUT2D eigenvalue weighted by Crippen LogP contribution is -2.35. The van der Waals surface area contributed by atoms with E-state index in [1.165, 1.54) is 11.0 Å². The number of hydrogen-bond acceptors (Lipinski definition) is 4. The van der Waals surface area contributed by atoms with E-state index < -0.39 is 24.3 Å². The SMILES string of the molecule is Cc1ccc(N(CCC#N)C(=O)COC(=O)c2cc(Cl)ccc2F)cc1. The van der Waals surface area contributed by atoms with Gasteiger partial charge in [0.05, 0.1) is 18.1 Å². The fraction of sp³-hybridized carbons (Fsp3) is 0.211. The Kier molecular flexibility index (Phi) is 6.70. The summed E-state index contributed by atoms with van der Waals surface area (Å²) in [5.41, 5.74) is 1.26. The van der Waals surface area contributed by atoms with Gasteiger partial charge in [0, 0.05) is 17.3 Å². The normalized spacial score (nSPS) is 10.1. The van der Waals surface area contributed by atoms with Crippen molar-refractivity contribution in [2.24, 2.45) is 0 Å². The van der Waals surface area contributed by atoms with Crippen molar-refractivity contribution in [3.8, 4) is 6.07 Å². The second kappa shape index (κ2) is 8.97. The fourth-order valence-electron chi connectivity index (χ4n) is 2.22. The van der Waals surface area contributed by atoms with Crippen LogP contribution in [0.25, 0.3) is 0 Å². The monoisotopic (exact) mass is 374 g/mol. The van der Waals surface area contributed by atoms with Crippen molar-refractivity contribution in [1.82, 2.24) is 0 Å². The summed E-state index contributed by atoms with van der Waals surface area (Å²) in [5, 5.41) is 8.96. The smallest absolute Gasteiger partial charge is 0.341 e. The minimum absolute atomic E-state index is 0.122. The first kappa shape index (κ1) is 19.4. The molecule has 1 amide bonds. The second-order valence-corrected chi connectivity index (χ2v) is 5.93. The first-order chi connectivity index (χ1) is 12.4. The van der Waals surface area contributed by atoms with Crippen LogP contribution in [0.15, 0.2) is 42.5 Å². The highest BCUT2D eigenvalue weighted by atomic mass is 35.5. The molecule has 2 aromatic rings. The number of nitriles is 1. The molecule has 0 saturated heterocycles. The number of aryl methyl sites for hydroxylation is 1. The Morgan fingerprint density at radius 1 is 1.23 bits per heavy atom. The number of nitrogens with zero attached hydrogens (tertiary/aromatic N) is 2. The lowest BCUT2D eigenvalue weighted by Gasteiger charge is -2.21. The van der Waals surface area contributed by atoms with Crippen molar-refractivity contribution in [3.63, 3.8) is 0 Å². The molecule has 7 heteroatoms. The topological polar surface area (TPSA) is 70.4 Å². The van der Waals surface area contributed by atoms with E-state index in [9.17, 15) is 14.0 Å². The third-order valence-electron chi connectivity index (χ3n) is 3.57. The summed E-state index contributed by atoms with van der Waals surface area (Å²) in [6.45, 7) is 1.48. The standard InChI is InChI=1S/C19H16ClFN2O3/c1-13-3-6-15(7-4-13)23(10-2-9-22)18(24)12-26-19(25)16-11-14(20)5-8-17(16)21/h3-8,11H,2,10,12H2,1H3. The Morgan fingerprint density at radius 3 is 2.58 bits per heavy atom. The number of halogens is 2. The average molecular weight is 375 g/mol. The van der Waals surface area contributed by atoms with E-state index in [0.717, 1.165) is 17.7 Å². The van der Waals surface area contributed by atoms with E-state index in [0.29, 0.717) is 5.69 Å². The highest BCUT2D eigenvalue weighted by molar-refractivity contribution is 6.30. The molecule has 0 saturated carbocycles. The molecule has 134 valence electrons. The van der Waals surface area contributed by atoms with Gasteiger partial charge in [-0.15, -0.1) is 0 Å². The molecule has 0 aliphatic rings. The molecule has 0 heterocycles. The zero-order chi connectivity index (χ0) is 19.1. The molecule has 0 spiro atoms. The molecule has 0 aromatic heterocycles. The summed E-state index contributed by atoms with van der Waals surface area (Å²) in [6, 6.07) is 12.6. The Balaban J connectivity index is 2.09. The van der Waals surface area contributed by atoms with Crippen LogP contribution >= 0.6 is 11.6 Å². The Labute approximate surface area is 155 Å². The van der Waals surface area contributed by atoms with Gasteiger partial charge in [-0.05, 0) is 37.3 Å². The number of carbonyl (C=O) groups excluding carboxylic acids is 2. The fourth-order valence-corrected chi connectivity index (χ4v) is 2.39. The summed E-state index contributed by atoms with van der Waals surface area (Å²) in [6.07, 6.45) is 0.122. The molecular formula is C19H16ClFN2O3. The lowest BCUT2D eigenvalue weighted by molar-refractivity contribution is -0.121. The van der Waals surface area contributed by atoms with Crippen molar-refractivity contribution in [2.45, 2.75) is 13.3 Å². The lowest BCUT2D eigenvalue weighted by atomic mass is 10.2. The van der Waals surface area contributed by atoms with E-state index in [4.69, 9.17) is 21.6 Å². The summed E-state index contributed by atoms with van der Waals surface area (Å²) in [5.74, 6) is -2.28. The van der Waals surface area contributed by atoms with Gasteiger partial charge in [-0.3, -0.25) is 4.79 Å². The maximum Gasteiger partial charge on any atom is 0.341 e. The zero-order valence-corrected chi connectivity index (χ0v) is 14.8. The maximum absolute atomic E-state index is 13.7. The predicted molar refractivity (Wildman–Crippen MR) is 95.5 cm³/mol. The number of anilines is 1. The molecule has 5 nitrogen and oxygen atoms in total. The third-order valence-corrected chi connectivity index (χ3v) is 3.80. The molecule has 0 bridgehead atoms. The second-order valence-electron chi connectivity index (χ2n) is 5.49. The van der Waals surface area contributed by atoms with Crippen LogP contribution in [-0.2, 0) is 9.53 Å². The first-order valence-electron chi connectivity index (χ1n) is 7.78. The van der Waals surface area contributed by atoms with Gasteiger partial charge in [0.2, 0.25) is 0 Å². The summed E-state index contributed by atoms with van der Waals surface area (Å²) >= 11 is 5.74. The predicted octanol–water partition coefficient (Wildman–Crippen LogP) is 3.89. The summed E-state index contributed by atoms with van der Waals surface area (Å²) in [4.78, 5) is 25.8. The van der Waals surface area contributed by atoms with E-state index in [2.05, 4.69) is 0 Å². The number of esters is 1. The van der Waals surface area contributed by atoms with E-state index in [1.807, 2.05) is 25.1 Å². The molecular weight excluding hydrogens is 359 g/mol. The van der Waals surface area contributed by atoms with Crippen LogP contribution in [0.1, 0.15) is 22.3 Å². The molecule has 0 unspecified atom stereocenters. The Bertz CT molecular complexity index is 847. The van der Waals surface area contributed by atoms with Gasteiger partial charge in [0.1, 0.15) is 5.82 Å². The number of rotatable bonds is 6. The van der Waals surface area contributed by atoms with Gasteiger partial charge < -0.3 is 9.64 Å². The van der Waals surface area contributed by atoms with Gasteiger partial charge in [-0.25, -0.2) is 9.18 Å². The van der Waals surface area contributed by atoms with Crippen LogP contribution in [0.4, 0.5) is 10.1 Å². The number of benzene rings is 2. The van der Waals surface area contributed by atoms with Crippen LogP contribution in [-0.4, -0.2) is 25.0 Å². The largest absolute Gasteiger partial charge is 0.452 e. The quantitative estimate of drug-likeness (QED) is 0.719. The summed E-state index contributed by atoms with van der Waals surface area (Å²) < 4.78 is 18.6. The van der Waals surface area contributed by atoms with Gasteiger partial charge in [-0.2, -0.15) is 5.26 Å². The highest BCUT2D eigenvalue weighted by Crippen LogP contribution is 2.18. The number of carbonyl (C=O) groups is 2. The van der Waals surface area contributed by atoms with Crippen LogP contribution in [0.3, 0.4) is 0 Å². The molecule has 2 aromatic carbocycles. The average Bonchev–Trinajstić information content (AvgIpc) is 2.63. The third kappa shape index (κ3) is 5.04. The van der Waals surface area contributed by atoms with Crippen LogP contribution < -0.4 is 4.90 Å².